The number of hydrogen-bond donors (Lipinski definition) is 6. The molecule has 5 heterocycles. The Balaban J connectivity index is 1.05. The normalized spacial score (nSPS) is 19.8. The van der Waals surface area contributed by atoms with Gasteiger partial charge in [-0.2, -0.15) is 0 Å². The fraction of sp³-hybridized carbons (Fsp3) is 0.436. The quantitative estimate of drug-likeness (QED) is 0.0886. The number of carbonyl (C=O) groups is 4. The first-order valence-corrected chi connectivity index (χ1v) is 19.2. The molecule has 7 rings (SSSR count). The molecule has 2 saturated heterocycles. The number of likely N-dealkylation sites (tertiary alicyclic amines) is 1. The Morgan fingerprint density at radius 3 is 2.07 bits per heavy atom. The van der Waals surface area contributed by atoms with Crippen LogP contribution in [0.2, 0.25) is 0 Å². The highest BCUT2D eigenvalue weighted by molar-refractivity contribution is 7.18. The van der Waals surface area contributed by atoms with Gasteiger partial charge in [-0.05, 0) is 78.6 Å². The molecule has 0 aliphatic carbocycles. The number of fused-ring (bicyclic) bond motifs is 2. The molecule has 5 unspecified atom stereocenters. The van der Waals surface area contributed by atoms with Crippen molar-refractivity contribution in [3.05, 3.63) is 60.2 Å². The first-order chi connectivity index (χ1) is 25.9. The van der Waals surface area contributed by atoms with Crippen molar-refractivity contribution in [1.29, 1.82) is 0 Å². The van der Waals surface area contributed by atoms with Crippen LogP contribution in [0.5, 0.6) is 0 Å². The molecule has 2 fully saturated rings. The van der Waals surface area contributed by atoms with Gasteiger partial charge in [0.05, 0.1) is 47.3 Å². The molecule has 5 atom stereocenters. The minimum atomic E-state index is -1.21. The van der Waals surface area contributed by atoms with Gasteiger partial charge in [-0.15, -0.1) is 11.3 Å². The molecular formula is C39H46N8O6S. The monoisotopic (exact) mass is 754 g/mol. The lowest BCUT2D eigenvalue weighted by Crippen LogP contribution is -2.50. The molecule has 0 saturated carbocycles. The van der Waals surface area contributed by atoms with Crippen molar-refractivity contribution in [2.24, 2.45) is 17.8 Å². The molecule has 15 heteroatoms. The van der Waals surface area contributed by atoms with Crippen molar-refractivity contribution in [3.63, 3.8) is 0 Å². The maximum Gasteiger partial charge on any atom is 0.407 e. The maximum atomic E-state index is 13.4. The number of amides is 3. The smallest absolute Gasteiger partial charge is 0.407 e. The topological polar surface area (TPSA) is 194 Å². The summed E-state index contributed by atoms with van der Waals surface area (Å²) >= 11 is 1.68. The molecule has 0 radical (unpaired) electrons. The molecular weight excluding hydrogens is 709 g/mol. The Hall–Kier alpha value is -5.28. The first-order valence-electron chi connectivity index (χ1n) is 18.4. The van der Waals surface area contributed by atoms with E-state index < -0.39 is 24.3 Å². The predicted molar refractivity (Wildman–Crippen MR) is 206 cm³/mol. The summed E-state index contributed by atoms with van der Waals surface area (Å²) in [5.74, 6) is 0.729. The van der Waals surface area contributed by atoms with E-state index in [0.29, 0.717) is 25.3 Å². The van der Waals surface area contributed by atoms with E-state index in [-0.39, 0.29) is 41.5 Å². The largest absolute Gasteiger partial charge is 0.465 e. The zero-order valence-corrected chi connectivity index (χ0v) is 31.8. The number of aromatic amines is 2. The summed E-state index contributed by atoms with van der Waals surface area (Å²) in [7, 11) is 1.29. The number of hydrogen-bond acceptors (Lipinski definition) is 9. The number of benzene rings is 2. The zero-order valence-electron chi connectivity index (χ0n) is 30.9. The summed E-state index contributed by atoms with van der Waals surface area (Å²) < 4.78 is 4.73. The number of carbonyl (C=O) groups excluding carboxylic acids is 3. The van der Waals surface area contributed by atoms with Crippen LogP contribution < -0.4 is 16.0 Å². The molecule has 14 nitrogen and oxygen atoms in total. The molecule has 3 aromatic heterocycles. The Labute approximate surface area is 316 Å². The number of ether oxygens (including phenoxy) is 1. The van der Waals surface area contributed by atoms with Crippen LogP contribution in [0.3, 0.4) is 0 Å². The van der Waals surface area contributed by atoms with Crippen LogP contribution in [0, 0.1) is 17.8 Å². The molecule has 5 aromatic rings. The number of aromatic nitrogens is 4. The summed E-state index contributed by atoms with van der Waals surface area (Å²) in [5.41, 5.74) is 5.53. The summed E-state index contributed by atoms with van der Waals surface area (Å²) in [6.07, 6.45) is 0.320. The number of H-pyrrole nitrogens is 2. The van der Waals surface area contributed by atoms with Crippen molar-refractivity contribution in [1.82, 2.24) is 40.8 Å². The van der Waals surface area contributed by atoms with E-state index >= 15 is 0 Å². The summed E-state index contributed by atoms with van der Waals surface area (Å²) in [6, 6.07) is 14.7. The SMILES string of the molecule is COC(=O)NC(C(=O)C1CNC(c2nc3ccc(-c4ccc(-c5ccc6nc(C7CCCN7C(=O)C(NC(=O)O)C(C)C)[nH]c6c5)s4)cc3[nH]2)C1)C(C)C. The van der Waals surface area contributed by atoms with E-state index in [9.17, 15) is 24.3 Å². The molecule has 2 aromatic carbocycles. The second-order valence-corrected chi connectivity index (χ2v) is 16.0. The fourth-order valence-corrected chi connectivity index (χ4v) is 8.64. The number of methoxy groups -OCH3 is 1. The molecule has 284 valence electrons. The van der Waals surface area contributed by atoms with Gasteiger partial charge in [0.2, 0.25) is 5.91 Å². The fourth-order valence-electron chi connectivity index (χ4n) is 7.64. The van der Waals surface area contributed by atoms with Crippen molar-refractivity contribution in [3.8, 4) is 20.9 Å². The Morgan fingerprint density at radius 2 is 1.48 bits per heavy atom. The lowest BCUT2D eigenvalue weighted by Gasteiger charge is -2.29. The highest BCUT2D eigenvalue weighted by Crippen LogP contribution is 2.38. The summed E-state index contributed by atoms with van der Waals surface area (Å²) in [4.78, 5) is 70.6. The van der Waals surface area contributed by atoms with Gasteiger partial charge >= 0.3 is 12.2 Å². The lowest BCUT2D eigenvalue weighted by molar-refractivity contribution is -0.135. The number of nitrogens with zero attached hydrogens (tertiary/aromatic N) is 3. The summed E-state index contributed by atoms with van der Waals surface area (Å²) in [5, 5.41) is 17.8. The van der Waals surface area contributed by atoms with E-state index in [0.717, 1.165) is 61.6 Å². The third-order valence-corrected chi connectivity index (χ3v) is 11.7. The number of imidazole rings is 2. The minimum Gasteiger partial charge on any atom is -0.465 e. The van der Waals surface area contributed by atoms with E-state index in [1.54, 1.807) is 16.2 Å². The second-order valence-electron chi connectivity index (χ2n) is 14.9. The van der Waals surface area contributed by atoms with Gasteiger partial charge in [0.1, 0.15) is 17.7 Å². The predicted octanol–water partition coefficient (Wildman–Crippen LogP) is 6.39. The minimum absolute atomic E-state index is 0.0103. The van der Waals surface area contributed by atoms with Crippen molar-refractivity contribution < 1.29 is 29.0 Å². The number of Topliss-reactive ketones (excluding diaryl/α,β-unsaturated/α-hetero) is 1. The number of nitrogens with one attached hydrogen (secondary N) is 5. The third kappa shape index (κ3) is 7.42. The number of thiophene rings is 1. The molecule has 54 heavy (non-hydrogen) atoms. The molecule has 2 aliphatic rings. The second kappa shape index (κ2) is 15.2. The first kappa shape index (κ1) is 37.1. The molecule has 2 aliphatic heterocycles. The van der Waals surface area contributed by atoms with Crippen LogP contribution >= 0.6 is 11.3 Å². The summed E-state index contributed by atoms with van der Waals surface area (Å²) in [6.45, 7) is 8.54. The Morgan fingerprint density at radius 1 is 0.870 bits per heavy atom. The Kier molecular flexibility index (Phi) is 10.4. The van der Waals surface area contributed by atoms with Crippen molar-refractivity contribution in [2.75, 3.05) is 20.2 Å². The van der Waals surface area contributed by atoms with E-state index in [1.807, 2.05) is 39.8 Å². The van der Waals surface area contributed by atoms with Gasteiger partial charge < -0.3 is 40.7 Å². The highest BCUT2D eigenvalue weighted by atomic mass is 32.1. The van der Waals surface area contributed by atoms with Crippen molar-refractivity contribution in [2.45, 2.75) is 71.1 Å². The standard InChI is InChI=1S/C39H46N8O6S/c1-19(2)32(46-39(52)53-5)34(48)23-17-28(40-18-23)35-41-24-10-8-21(15-26(24)43-35)30-12-13-31(54-30)22-9-11-25-27(16-22)44-36(42-25)29-7-6-14-47(29)37(49)33(20(3)4)45-38(50)51/h8-13,15-16,19-20,23,28-29,32-33,40,45H,6-7,14,17-18H2,1-5H3,(H,41,43)(H,42,44)(H,46,52)(H,50,51). The third-order valence-electron chi connectivity index (χ3n) is 10.5. The number of ketones is 1. The maximum absolute atomic E-state index is 13.4. The van der Waals surface area contributed by atoms with Gasteiger partial charge in [-0.3, -0.25) is 9.59 Å². The van der Waals surface area contributed by atoms with E-state index in [4.69, 9.17) is 14.7 Å². The van der Waals surface area contributed by atoms with Crippen LogP contribution in [0.15, 0.2) is 48.5 Å². The van der Waals surface area contributed by atoms with Crippen molar-refractivity contribution >= 4 is 57.3 Å². The molecule has 0 spiro atoms. The number of alkyl carbamates (subject to hydrolysis) is 1. The molecule has 3 amide bonds. The van der Waals surface area contributed by atoms with Crippen LogP contribution in [0.1, 0.15) is 70.7 Å². The highest BCUT2D eigenvalue weighted by Gasteiger charge is 2.38. The van der Waals surface area contributed by atoms with Gasteiger partial charge in [-0.1, -0.05) is 39.8 Å². The average molecular weight is 755 g/mol. The Bertz CT molecular complexity index is 2210. The van der Waals surface area contributed by atoms with Gasteiger partial charge in [0, 0.05) is 28.8 Å². The number of rotatable bonds is 11. The van der Waals surface area contributed by atoms with E-state index in [1.165, 1.54) is 7.11 Å². The lowest BCUT2D eigenvalue weighted by atomic mass is 9.89. The van der Waals surface area contributed by atoms with E-state index in [2.05, 4.69) is 62.3 Å². The van der Waals surface area contributed by atoms with Crippen LogP contribution in [0.25, 0.3) is 42.9 Å². The average Bonchev–Trinajstić information content (AvgIpc) is 3.99. The van der Waals surface area contributed by atoms with Gasteiger partial charge in [0.15, 0.2) is 5.78 Å². The van der Waals surface area contributed by atoms with Crippen LogP contribution in [0.4, 0.5) is 9.59 Å². The van der Waals surface area contributed by atoms with Gasteiger partial charge in [-0.25, -0.2) is 19.6 Å². The zero-order chi connectivity index (χ0) is 38.3. The van der Waals surface area contributed by atoms with Gasteiger partial charge in [0.25, 0.3) is 0 Å². The molecule has 0 bridgehead atoms. The molecule has 6 N–H and O–H groups in total. The van der Waals surface area contributed by atoms with Crippen LogP contribution in [-0.4, -0.2) is 86.1 Å². The van der Waals surface area contributed by atoms with Crippen LogP contribution in [-0.2, 0) is 14.3 Å². The number of carboxylic acid groups (broad SMARTS) is 1.